The lowest BCUT2D eigenvalue weighted by atomic mass is 9.52. The lowest BCUT2D eigenvalue weighted by Crippen LogP contribution is -2.63. The summed E-state index contributed by atoms with van der Waals surface area (Å²) >= 11 is 0. The third-order valence-electron chi connectivity index (χ3n) is 6.70. The van der Waals surface area contributed by atoms with Gasteiger partial charge in [0.05, 0.1) is 19.3 Å². The van der Waals surface area contributed by atoms with Crippen molar-refractivity contribution < 1.29 is 19.7 Å². The molecule has 136 valence electrons. The number of nitrogens with zero attached hydrogens (tertiary/aromatic N) is 1. The first-order valence-electron chi connectivity index (χ1n) is 9.32. The molecule has 0 aliphatic heterocycles. The molecule has 0 spiro atoms. The number of carbonyl (C=O) groups is 1. The number of methoxy groups -OCH3 is 1. The molecular formula is C19H26N2O4. The van der Waals surface area contributed by atoms with Gasteiger partial charge in [0.2, 0.25) is 0 Å². The Morgan fingerprint density at radius 2 is 1.84 bits per heavy atom. The molecule has 3 N–H and O–H groups in total. The molecule has 0 saturated heterocycles. The minimum absolute atomic E-state index is 0.0480. The van der Waals surface area contributed by atoms with Gasteiger partial charge in [-0.05, 0) is 49.4 Å². The molecule has 4 saturated carbocycles. The highest BCUT2D eigenvalue weighted by atomic mass is 16.5. The highest BCUT2D eigenvalue weighted by molar-refractivity contribution is 5.95. The van der Waals surface area contributed by atoms with Gasteiger partial charge in [-0.15, -0.1) is 0 Å². The number of aliphatic hydroxyl groups excluding tert-OH is 1. The largest absolute Gasteiger partial charge is 0.503 e. The standard InChI is InChI=1S/C19H26N2O4/c1-25-14-8-9-20-16(18(14)23)19(24)21-15-12-6-7-13(17(15)22)11-5-3-2-4-10(11)12/h8-13,15,17,22-23H,2-7H2,1H3,(H,21,24)/t10-,11+,12+,13-,15-,17?/m1/s1. The summed E-state index contributed by atoms with van der Waals surface area (Å²) < 4.78 is 5.05. The maximum atomic E-state index is 12.7. The molecule has 1 aromatic rings. The zero-order valence-electron chi connectivity index (χ0n) is 14.5. The molecule has 4 fully saturated rings. The number of aliphatic hydroxyl groups is 1. The second-order valence-corrected chi connectivity index (χ2v) is 7.72. The minimum Gasteiger partial charge on any atom is -0.503 e. The normalized spacial score (nSPS) is 36.6. The van der Waals surface area contributed by atoms with Crippen LogP contribution < -0.4 is 10.1 Å². The number of aromatic hydroxyl groups is 1. The third kappa shape index (κ3) is 2.67. The molecule has 0 radical (unpaired) electrons. The maximum Gasteiger partial charge on any atom is 0.274 e. The number of amides is 1. The van der Waals surface area contributed by atoms with Crippen molar-refractivity contribution in [1.82, 2.24) is 10.3 Å². The molecule has 6 atom stereocenters. The molecule has 4 aliphatic rings. The summed E-state index contributed by atoms with van der Waals surface area (Å²) in [6.07, 6.45) is 7.97. The molecule has 2 bridgehead atoms. The van der Waals surface area contributed by atoms with Crippen molar-refractivity contribution in [3.63, 3.8) is 0 Å². The van der Waals surface area contributed by atoms with Crippen molar-refractivity contribution in [3.05, 3.63) is 18.0 Å². The van der Waals surface area contributed by atoms with Crippen molar-refractivity contribution in [1.29, 1.82) is 0 Å². The van der Waals surface area contributed by atoms with Gasteiger partial charge in [0.15, 0.2) is 17.2 Å². The van der Waals surface area contributed by atoms with Crippen LogP contribution in [-0.2, 0) is 0 Å². The van der Waals surface area contributed by atoms with Gasteiger partial charge in [-0.3, -0.25) is 4.79 Å². The van der Waals surface area contributed by atoms with Crippen LogP contribution in [-0.4, -0.2) is 40.4 Å². The van der Waals surface area contributed by atoms with Crippen LogP contribution in [0.2, 0.25) is 0 Å². The Morgan fingerprint density at radius 1 is 1.16 bits per heavy atom. The van der Waals surface area contributed by atoms with Gasteiger partial charge < -0.3 is 20.3 Å². The van der Waals surface area contributed by atoms with Crippen molar-refractivity contribution in [3.8, 4) is 11.5 Å². The van der Waals surface area contributed by atoms with E-state index in [4.69, 9.17) is 4.74 Å². The lowest BCUT2D eigenvalue weighted by molar-refractivity contribution is -0.112. The van der Waals surface area contributed by atoms with Crippen LogP contribution in [0, 0.1) is 23.7 Å². The van der Waals surface area contributed by atoms with Gasteiger partial charge in [0.1, 0.15) is 0 Å². The van der Waals surface area contributed by atoms with E-state index in [9.17, 15) is 15.0 Å². The highest BCUT2D eigenvalue weighted by Crippen LogP contribution is 2.54. The Balaban J connectivity index is 1.55. The van der Waals surface area contributed by atoms with Gasteiger partial charge in [-0.25, -0.2) is 4.98 Å². The summed E-state index contributed by atoms with van der Waals surface area (Å²) in [5.41, 5.74) is -0.0480. The van der Waals surface area contributed by atoms with Crippen molar-refractivity contribution >= 4 is 5.91 Å². The van der Waals surface area contributed by atoms with Crippen LogP contribution in [0.15, 0.2) is 12.3 Å². The first kappa shape index (κ1) is 16.6. The van der Waals surface area contributed by atoms with E-state index in [0.717, 1.165) is 12.8 Å². The van der Waals surface area contributed by atoms with Crippen molar-refractivity contribution in [2.24, 2.45) is 23.7 Å². The number of pyridine rings is 1. The fourth-order valence-electron chi connectivity index (χ4n) is 5.63. The molecule has 5 rings (SSSR count). The second kappa shape index (κ2) is 6.48. The number of ether oxygens (including phenoxy) is 1. The summed E-state index contributed by atoms with van der Waals surface area (Å²) in [7, 11) is 1.43. The van der Waals surface area contributed by atoms with Gasteiger partial charge in [-0.1, -0.05) is 12.8 Å². The zero-order chi connectivity index (χ0) is 17.6. The van der Waals surface area contributed by atoms with E-state index in [0.29, 0.717) is 17.8 Å². The number of nitrogens with one attached hydrogen (secondary N) is 1. The molecule has 6 nitrogen and oxygen atoms in total. The summed E-state index contributed by atoms with van der Waals surface area (Å²) in [6.45, 7) is 0. The Morgan fingerprint density at radius 3 is 2.56 bits per heavy atom. The molecule has 1 heterocycles. The first-order chi connectivity index (χ1) is 12.1. The lowest BCUT2D eigenvalue weighted by Gasteiger charge is -2.57. The number of rotatable bonds is 3. The van der Waals surface area contributed by atoms with Gasteiger partial charge in [-0.2, -0.15) is 0 Å². The predicted molar refractivity (Wildman–Crippen MR) is 91.4 cm³/mol. The fraction of sp³-hybridized carbons (Fsp3) is 0.684. The Labute approximate surface area is 147 Å². The molecule has 4 aliphatic carbocycles. The molecule has 6 heteroatoms. The Hall–Kier alpha value is -1.82. The molecule has 25 heavy (non-hydrogen) atoms. The zero-order valence-corrected chi connectivity index (χ0v) is 14.5. The van der Waals surface area contributed by atoms with Crippen LogP contribution in [0.4, 0.5) is 0 Å². The van der Waals surface area contributed by atoms with Crippen molar-refractivity contribution in [2.75, 3.05) is 7.11 Å². The summed E-state index contributed by atoms with van der Waals surface area (Å²) in [5.74, 6) is 1.34. The van der Waals surface area contributed by atoms with E-state index in [-0.39, 0.29) is 29.2 Å². The topological polar surface area (TPSA) is 91.7 Å². The molecular weight excluding hydrogens is 320 g/mol. The van der Waals surface area contributed by atoms with Crippen LogP contribution in [0.1, 0.15) is 49.0 Å². The van der Waals surface area contributed by atoms with E-state index in [1.165, 1.54) is 45.1 Å². The van der Waals surface area contributed by atoms with Gasteiger partial charge >= 0.3 is 0 Å². The third-order valence-corrected chi connectivity index (χ3v) is 6.70. The first-order valence-corrected chi connectivity index (χ1v) is 9.32. The number of hydrogen-bond acceptors (Lipinski definition) is 5. The van der Waals surface area contributed by atoms with Gasteiger partial charge in [0.25, 0.3) is 5.91 Å². The molecule has 1 aromatic heterocycles. The van der Waals surface area contributed by atoms with E-state index >= 15 is 0 Å². The predicted octanol–water partition coefficient (Wildman–Crippen LogP) is 2.10. The van der Waals surface area contributed by atoms with Crippen molar-refractivity contribution in [2.45, 2.75) is 50.7 Å². The summed E-state index contributed by atoms with van der Waals surface area (Å²) in [5, 5.41) is 24.0. The number of fused-ring (bicyclic) bond motifs is 2. The highest BCUT2D eigenvalue weighted by Gasteiger charge is 2.54. The number of carbonyl (C=O) groups excluding carboxylic acids is 1. The van der Waals surface area contributed by atoms with Crippen LogP contribution in [0.3, 0.4) is 0 Å². The van der Waals surface area contributed by atoms with E-state index in [2.05, 4.69) is 10.3 Å². The monoisotopic (exact) mass is 346 g/mol. The molecule has 0 aromatic carbocycles. The summed E-state index contributed by atoms with van der Waals surface area (Å²) in [4.78, 5) is 16.7. The van der Waals surface area contributed by atoms with Crippen LogP contribution in [0.5, 0.6) is 11.5 Å². The number of hydrogen-bond donors (Lipinski definition) is 3. The van der Waals surface area contributed by atoms with E-state index < -0.39 is 12.0 Å². The van der Waals surface area contributed by atoms with E-state index in [1.54, 1.807) is 0 Å². The van der Waals surface area contributed by atoms with E-state index in [1.807, 2.05) is 0 Å². The average Bonchev–Trinajstić information content (AvgIpc) is 2.64. The minimum atomic E-state index is -0.505. The Kier molecular flexibility index (Phi) is 4.31. The Bertz CT molecular complexity index is 661. The molecule has 1 amide bonds. The van der Waals surface area contributed by atoms with Crippen LogP contribution >= 0.6 is 0 Å². The summed E-state index contributed by atoms with van der Waals surface area (Å²) in [6, 6.07) is 1.26. The second-order valence-electron chi connectivity index (χ2n) is 7.72. The number of aromatic nitrogens is 1. The molecule has 1 unspecified atom stereocenters. The SMILES string of the molecule is COc1ccnc(C(=O)N[C@H]2C(O)[C@@H]3CC[C@H]2[C@@H]2CCCC[C@@H]23)c1O. The average molecular weight is 346 g/mol. The van der Waals surface area contributed by atoms with Crippen LogP contribution in [0.25, 0.3) is 0 Å². The smallest absolute Gasteiger partial charge is 0.274 e. The van der Waals surface area contributed by atoms with Gasteiger partial charge in [0, 0.05) is 12.3 Å². The quantitative estimate of drug-likeness (QED) is 0.780. The maximum absolute atomic E-state index is 12.7. The fourth-order valence-corrected chi connectivity index (χ4v) is 5.63.